The number of esters is 1. The van der Waals surface area contributed by atoms with Crippen LogP contribution >= 0.6 is 15.9 Å². The molecule has 2 bridgehead atoms. The summed E-state index contributed by atoms with van der Waals surface area (Å²) in [6.45, 7) is 11.7. The Morgan fingerprint density at radius 1 is 1.18 bits per heavy atom. The molecule has 4 heterocycles. The van der Waals surface area contributed by atoms with Crippen LogP contribution in [-0.4, -0.2) is 145 Å². The summed E-state index contributed by atoms with van der Waals surface area (Å²) in [5.41, 5.74) is -0.653. The van der Waals surface area contributed by atoms with Crippen LogP contribution in [0.3, 0.4) is 0 Å². The van der Waals surface area contributed by atoms with Crippen LogP contribution in [0.1, 0.15) is 37.4 Å². The van der Waals surface area contributed by atoms with E-state index in [1.54, 1.807) is 29.2 Å². The highest BCUT2D eigenvalue weighted by Crippen LogP contribution is 2.60. The summed E-state index contributed by atoms with van der Waals surface area (Å²) in [6.07, 6.45) is 2.91. The van der Waals surface area contributed by atoms with E-state index in [0.29, 0.717) is 44.7 Å². The van der Waals surface area contributed by atoms with E-state index in [1.807, 2.05) is 18.2 Å². The van der Waals surface area contributed by atoms with E-state index in [0.717, 1.165) is 13.1 Å². The molecule has 4 fully saturated rings. The number of nitrogens with one attached hydrogen (secondary N) is 1. The number of carbonyl (C=O) groups excluding carboxylic acids is 4. The molecule has 14 heteroatoms. The molecule has 0 aliphatic carbocycles. The molecule has 4 aliphatic rings. The van der Waals surface area contributed by atoms with Gasteiger partial charge in [-0.3, -0.25) is 24.1 Å². The molecule has 0 radical (unpaired) electrons. The van der Waals surface area contributed by atoms with Crippen LogP contribution < -0.4 is 5.32 Å². The zero-order chi connectivity index (χ0) is 36.5. The molecule has 8 atom stereocenters. The second-order valence-corrected chi connectivity index (χ2v) is 14.7. The Hall–Kier alpha value is -3.14. The van der Waals surface area contributed by atoms with Gasteiger partial charge in [-0.25, -0.2) is 0 Å². The highest BCUT2D eigenvalue weighted by Gasteiger charge is 2.77. The number of halogens is 1. The highest BCUT2D eigenvalue weighted by molar-refractivity contribution is 9.09. The van der Waals surface area contributed by atoms with Gasteiger partial charge < -0.3 is 39.2 Å². The van der Waals surface area contributed by atoms with Crippen molar-refractivity contribution in [2.75, 3.05) is 72.8 Å². The van der Waals surface area contributed by atoms with Gasteiger partial charge in [-0.2, -0.15) is 0 Å². The molecule has 13 nitrogen and oxygen atoms in total. The summed E-state index contributed by atoms with van der Waals surface area (Å²) in [5, 5.41) is 12.7. The van der Waals surface area contributed by atoms with Crippen molar-refractivity contribution >= 4 is 39.6 Å². The zero-order valence-corrected chi connectivity index (χ0v) is 30.9. The Morgan fingerprint density at radius 2 is 1.92 bits per heavy atom. The van der Waals surface area contributed by atoms with Crippen molar-refractivity contribution in [3.63, 3.8) is 0 Å². The summed E-state index contributed by atoms with van der Waals surface area (Å²) in [4.78, 5) is 61.6. The Kier molecular flexibility index (Phi) is 13.8. The molecule has 0 saturated carbocycles. The van der Waals surface area contributed by atoms with Gasteiger partial charge in [0.1, 0.15) is 17.7 Å². The number of amides is 3. The lowest BCUT2D eigenvalue weighted by molar-refractivity contribution is -0.163. The fraction of sp³-hybridized carbons (Fsp3) is 0.622. The van der Waals surface area contributed by atoms with Crippen molar-refractivity contribution in [2.24, 2.45) is 11.8 Å². The van der Waals surface area contributed by atoms with E-state index in [-0.39, 0.29) is 61.7 Å². The van der Waals surface area contributed by atoms with E-state index >= 15 is 0 Å². The summed E-state index contributed by atoms with van der Waals surface area (Å²) < 4.78 is 23.9. The first-order valence-corrected chi connectivity index (χ1v) is 18.7. The minimum atomic E-state index is -1.29. The van der Waals surface area contributed by atoms with E-state index in [9.17, 15) is 24.3 Å². The number of alkyl halides is 1. The minimum absolute atomic E-state index is 0.0553. The van der Waals surface area contributed by atoms with Crippen LogP contribution in [0.5, 0.6) is 0 Å². The molecule has 0 aromatic heterocycles. The summed E-state index contributed by atoms with van der Waals surface area (Å²) in [6, 6.07) is 7.33. The van der Waals surface area contributed by atoms with Crippen LogP contribution in [0.4, 0.5) is 0 Å². The molecule has 280 valence electrons. The SMILES string of the molecule is C=CCCC(=O)N[C@@H](COC)[C@@H](OC(=O)[C@@H]1[C@H]2O[C@@]3(CC2Br)[C@H](C(=O)N(CC=C)CCN2CCOCC2)N(CCCO)C(=O)[C@@H]13)c1ccccc1. The van der Waals surface area contributed by atoms with Crippen molar-refractivity contribution in [2.45, 2.75) is 60.4 Å². The quantitative estimate of drug-likeness (QED) is 0.121. The summed E-state index contributed by atoms with van der Waals surface area (Å²) in [5.74, 6) is -3.58. The van der Waals surface area contributed by atoms with Gasteiger partial charge in [0.05, 0.1) is 43.8 Å². The largest absolute Gasteiger partial charge is 0.455 e. The average Bonchev–Trinajstić information content (AvgIpc) is 3.73. The van der Waals surface area contributed by atoms with Gasteiger partial charge in [-0.15, -0.1) is 13.2 Å². The second-order valence-electron chi connectivity index (χ2n) is 13.5. The van der Waals surface area contributed by atoms with Crippen molar-refractivity contribution < 1.29 is 43.2 Å². The van der Waals surface area contributed by atoms with Crippen molar-refractivity contribution in [3.8, 4) is 0 Å². The molecule has 1 spiro atoms. The molecule has 1 aromatic carbocycles. The van der Waals surface area contributed by atoms with E-state index in [4.69, 9.17) is 18.9 Å². The van der Waals surface area contributed by atoms with Gasteiger partial charge in [-0.1, -0.05) is 58.4 Å². The molecule has 5 rings (SSSR count). The normalized spacial score (nSPS) is 28.2. The van der Waals surface area contributed by atoms with Crippen LogP contribution in [-0.2, 0) is 38.1 Å². The van der Waals surface area contributed by atoms with Gasteiger partial charge in [0.15, 0.2) is 0 Å². The smallest absolute Gasteiger partial charge is 0.313 e. The number of aliphatic hydroxyl groups excluding tert-OH is 1. The summed E-state index contributed by atoms with van der Waals surface area (Å²) in [7, 11) is 1.50. The first-order valence-electron chi connectivity index (χ1n) is 17.8. The molecule has 4 aliphatic heterocycles. The Labute approximate surface area is 308 Å². The Morgan fingerprint density at radius 3 is 2.59 bits per heavy atom. The molecule has 1 unspecified atom stereocenters. The van der Waals surface area contributed by atoms with Crippen molar-refractivity contribution in [3.05, 3.63) is 61.2 Å². The van der Waals surface area contributed by atoms with Gasteiger partial charge >= 0.3 is 5.97 Å². The lowest BCUT2D eigenvalue weighted by atomic mass is 9.70. The topological polar surface area (TPSA) is 147 Å². The predicted molar refractivity (Wildman–Crippen MR) is 192 cm³/mol. The first-order chi connectivity index (χ1) is 24.7. The number of allylic oxidation sites excluding steroid dienone is 1. The zero-order valence-electron chi connectivity index (χ0n) is 29.3. The van der Waals surface area contributed by atoms with Crippen LogP contribution in [0.15, 0.2) is 55.6 Å². The summed E-state index contributed by atoms with van der Waals surface area (Å²) >= 11 is 3.73. The standard InChI is InChI=1S/C37H51BrN4O9/c1-4-6-13-28(44)39-27(24-48-3)31(25-11-8-7-9-12-25)50-36(47)29-30-34(45)42(15-10-20-43)33(37(30)23-26(38)32(29)51-37)35(46)41(14-5-2)17-16-40-18-21-49-22-19-40/h4-5,7-9,11-12,26-27,29-33,43H,1-2,6,10,13-24H2,3H3,(H,39,44)/t26?,27-,29-,30+,31-,32-,33-,37+/m0/s1. The van der Waals surface area contributed by atoms with Gasteiger partial charge in [0.25, 0.3) is 0 Å². The monoisotopic (exact) mass is 774 g/mol. The minimum Gasteiger partial charge on any atom is -0.455 e. The van der Waals surface area contributed by atoms with Crippen LogP contribution in [0, 0.1) is 11.8 Å². The van der Waals surface area contributed by atoms with Gasteiger partial charge in [-0.05, 0) is 24.8 Å². The lowest BCUT2D eigenvalue weighted by Gasteiger charge is -2.38. The van der Waals surface area contributed by atoms with E-state index < -0.39 is 47.7 Å². The van der Waals surface area contributed by atoms with Crippen molar-refractivity contribution in [1.29, 1.82) is 0 Å². The third kappa shape index (κ3) is 8.42. The number of aliphatic hydroxyl groups is 1. The maximum atomic E-state index is 14.6. The molecule has 3 amide bonds. The molecular formula is C37H51BrN4O9. The third-order valence-electron chi connectivity index (χ3n) is 10.3. The number of benzene rings is 1. The highest BCUT2D eigenvalue weighted by atomic mass is 79.9. The molecule has 51 heavy (non-hydrogen) atoms. The number of hydrogen-bond donors (Lipinski definition) is 2. The number of nitrogens with zero attached hydrogens (tertiary/aromatic N) is 3. The number of methoxy groups -OCH3 is 1. The van der Waals surface area contributed by atoms with Crippen LogP contribution in [0.25, 0.3) is 0 Å². The molecule has 2 N–H and O–H groups in total. The van der Waals surface area contributed by atoms with Gasteiger partial charge in [0.2, 0.25) is 17.7 Å². The number of carbonyl (C=O) groups is 4. The fourth-order valence-electron chi connectivity index (χ4n) is 7.99. The maximum absolute atomic E-state index is 14.6. The Bertz CT molecular complexity index is 1400. The molecular weight excluding hydrogens is 724 g/mol. The number of morpholine rings is 1. The van der Waals surface area contributed by atoms with E-state index in [1.165, 1.54) is 12.0 Å². The molecule has 4 saturated heterocycles. The van der Waals surface area contributed by atoms with Crippen LogP contribution in [0.2, 0.25) is 0 Å². The Balaban J connectivity index is 1.45. The van der Waals surface area contributed by atoms with E-state index in [2.05, 4.69) is 39.3 Å². The number of rotatable bonds is 19. The van der Waals surface area contributed by atoms with Gasteiger partial charge in [0, 0.05) is 64.2 Å². The fourth-order valence-corrected chi connectivity index (χ4v) is 8.93. The third-order valence-corrected chi connectivity index (χ3v) is 11.2. The average molecular weight is 776 g/mol. The van der Waals surface area contributed by atoms with Crippen molar-refractivity contribution in [1.82, 2.24) is 20.0 Å². The number of ether oxygens (including phenoxy) is 4. The number of fused-ring (bicyclic) bond motifs is 1. The lowest BCUT2D eigenvalue weighted by Crippen LogP contribution is -2.57. The molecule has 1 aromatic rings. The number of hydrogen-bond acceptors (Lipinski definition) is 10. The second kappa shape index (κ2) is 18.1. The first kappa shape index (κ1) is 39.1. The predicted octanol–water partition coefficient (Wildman–Crippen LogP) is 1.85. The maximum Gasteiger partial charge on any atom is 0.313 e. The number of likely N-dealkylation sites (tertiary alicyclic amines) is 1.